The number of ether oxygens (including phenoxy) is 3. The quantitative estimate of drug-likeness (QED) is 0.813. The fraction of sp³-hybridized carbons (Fsp3) is 0.500. The maximum Gasteiger partial charge on any atom is 0.236 e. The normalized spacial score (nSPS) is 21.0. The zero-order chi connectivity index (χ0) is 15.4. The van der Waals surface area contributed by atoms with Gasteiger partial charge in [-0.05, 0) is 0 Å². The van der Waals surface area contributed by atoms with Crippen molar-refractivity contribution in [3.63, 3.8) is 0 Å². The van der Waals surface area contributed by atoms with Gasteiger partial charge in [-0.25, -0.2) is 4.98 Å². The second kappa shape index (κ2) is 6.71. The van der Waals surface area contributed by atoms with Gasteiger partial charge in [0.25, 0.3) is 0 Å². The Balaban J connectivity index is 1.59. The van der Waals surface area contributed by atoms with Crippen LogP contribution in [0.3, 0.4) is 0 Å². The predicted octanol–water partition coefficient (Wildman–Crippen LogP) is 0.155. The van der Waals surface area contributed by atoms with Crippen LogP contribution in [0.25, 0.3) is 0 Å². The number of hydrogen-bond donors (Lipinski definition) is 1. The molecular formula is C14H19N5O3. The molecule has 8 heteroatoms. The van der Waals surface area contributed by atoms with Gasteiger partial charge in [0, 0.05) is 26.0 Å². The summed E-state index contributed by atoms with van der Waals surface area (Å²) in [5, 5.41) is 7.49. The highest BCUT2D eigenvalue weighted by Crippen LogP contribution is 2.17. The standard InChI is InChI=1S/C14H19N5O3/c1-19-7-10(5-18-19)22-13-9-21-8-12(13)17-6-11-14(20-2)16-4-3-15-11/h3-5,7,12-13,17H,6,8-9H2,1-2H3/t12-,13+/m0/s1. The van der Waals surface area contributed by atoms with E-state index in [-0.39, 0.29) is 12.1 Å². The zero-order valence-electron chi connectivity index (χ0n) is 12.6. The molecule has 0 amide bonds. The lowest BCUT2D eigenvalue weighted by Gasteiger charge is -2.19. The highest BCUT2D eigenvalue weighted by Gasteiger charge is 2.30. The lowest BCUT2D eigenvalue weighted by atomic mass is 10.2. The summed E-state index contributed by atoms with van der Waals surface area (Å²) in [6.07, 6.45) is 6.72. The van der Waals surface area contributed by atoms with Gasteiger partial charge < -0.3 is 19.5 Å². The molecule has 2 atom stereocenters. The van der Waals surface area contributed by atoms with E-state index in [0.29, 0.717) is 25.6 Å². The molecule has 1 aliphatic heterocycles. The second-order valence-corrected chi connectivity index (χ2v) is 5.04. The molecule has 0 aliphatic carbocycles. The molecule has 1 aliphatic rings. The van der Waals surface area contributed by atoms with Gasteiger partial charge in [-0.3, -0.25) is 9.67 Å². The minimum Gasteiger partial charge on any atom is -0.483 e. The lowest BCUT2D eigenvalue weighted by molar-refractivity contribution is 0.139. The first-order chi connectivity index (χ1) is 10.8. The molecule has 3 rings (SSSR count). The minimum atomic E-state index is -0.0631. The van der Waals surface area contributed by atoms with Gasteiger partial charge in [-0.1, -0.05) is 0 Å². The first-order valence-electron chi connectivity index (χ1n) is 7.06. The Labute approximate surface area is 128 Å². The maximum absolute atomic E-state index is 5.92. The van der Waals surface area contributed by atoms with Crippen LogP contribution in [0, 0.1) is 0 Å². The van der Waals surface area contributed by atoms with E-state index in [1.807, 2.05) is 13.2 Å². The Kier molecular flexibility index (Phi) is 4.50. The van der Waals surface area contributed by atoms with E-state index in [1.165, 1.54) is 0 Å². The van der Waals surface area contributed by atoms with Gasteiger partial charge in [-0.2, -0.15) is 5.10 Å². The number of nitrogens with zero attached hydrogens (tertiary/aromatic N) is 4. The summed E-state index contributed by atoms with van der Waals surface area (Å²) in [5.74, 6) is 1.26. The van der Waals surface area contributed by atoms with E-state index in [0.717, 1.165) is 11.4 Å². The molecule has 0 radical (unpaired) electrons. The van der Waals surface area contributed by atoms with Crippen LogP contribution >= 0.6 is 0 Å². The van der Waals surface area contributed by atoms with Crippen molar-refractivity contribution in [2.45, 2.75) is 18.7 Å². The van der Waals surface area contributed by atoms with Crippen molar-refractivity contribution in [2.24, 2.45) is 7.05 Å². The molecule has 2 aromatic heterocycles. The van der Waals surface area contributed by atoms with Crippen molar-refractivity contribution < 1.29 is 14.2 Å². The van der Waals surface area contributed by atoms with Crippen LogP contribution in [0.5, 0.6) is 11.6 Å². The molecule has 0 unspecified atom stereocenters. The molecule has 2 aromatic rings. The van der Waals surface area contributed by atoms with E-state index in [1.54, 1.807) is 30.4 Å². The fourth-order valence-electron chi connectivity index (χ4n) is 2.35. The van der Waals surface area contributed by atoms with Crippen molar-refractivity contribution >= 4 is 0 Å². The average molecular weight is 305 g/mol. The smallest absolute Gasteiger partial charge is 0.236 e. The van der Waals surface area contributed by atoms with Crippen LogP contribution in [0.15, 0.2) is 24.8 Å². The van der Waals surface area contributed by atoms with Crippen LogP contribution in [-0.2, 0) is 18.3 Å². The minimum absolute atomic E-state index is 0.0631. The largest absolute Gasteiger partial charge is 0.483 e. The summed E-state index contributed by atoms with van der Waals surface area (Å²) in [7, 11) is 3.44. The third kappa shape index (κ3) is 3.34. The van der Waals surface area contributed by atoms with Gasteiger partial charge in [-0.15, -0.1) is 0 Å². The highest BCUT2D eigenvalue weighted by atomic mass is 16.5. The number of methoxy groups -OCH3 is 1. The Morgan fingerprint density at radius 2 is 2.23 bits per heavy atom. The number of rotatable bonds is 6. The Morgan fingerprint density at radius 3 is 3.00 bits per heavy atom. The number of aryl methyl sites for hydroxylation is 1. The van der Waals surface area contributed by atoms with E-state index in [9.17, 15) is 0 Å². The van der Waals surface area contributed by atoms with Gasteiger partial charge >= 0.3 is 0 Å². The van der Waals surface area contributed by atoms with E-state index < -0.39 is 0 Å². The molecule has 0 spiro atoms. The monoisotopic (exact) mass is 305 g/mol. The van der Waals surface area contributed by atoms with Crippen molar-refractivity contribution in [1.29, 1.82) is 0 Å². The Hall–Kier alpha value is -2.19. The highest BCUT2D eigenvalue weighted by molar-refractivity contribution is 5.17. The van der Waals surface area contributed by atoms with E-state index in [2.05, 4.69) is 20.4 Å². The summed E-state index contributed by atoms with van der Waals surface area (Å²) >= 11 is 0. The summed E-state index contributed by atoms with van der Waals surface area (Å²) in [6.45, 7) is 1.68. The zero-order valence-corrected chi connectivity index (χ0v) is 12.6. The van der Waals surface area contributed by atoms with E-state index in [4.69, 9.17) is 14.2 Å². The van der Waals surface area contributed by atoms with Crippen LogP contribution < -0.4 is 14.8 Å². The summed E-state index contributed by atoms with van der Waals surface area (Å²) < 4.78 is 18.3. The third-order valence-corrected chi connectivity index (χ3v) is 3.46. The first-order valence-corrected chi connectivity index (χ1v) is 7.06. The molecular weight excluding hydrogens is 286 g/mol. The molecule has 0 aromatic carbocycles. The van der Waals surface area contributed by atoms with E-state index >= 15 is 0 Å². The maximum atomic E-state index is 5.92. The lowest BCUT2D eigenvalue weighted by Crippen LogP contribution is -2.41. The number of hydrogen-bond acceptors (Lipinski definition) is 7. The molecule has 0 saturated carbocycles. The molecule has 1 fully saturated rings. The second-order valence-electron chi connectivity index (χ2n) is 5.04. The molecule has 1 N–H and O–H groups in total. The number of nitrogens with one attached hydrogen (secondary N) is 1. The van der Waals surface area contributed by atoms with Crippen molar-refractivity contribution in [2.75, 3.05) is 20.3 Å². The summed E-state index contributed by atoms with van der Waals surface area (Å²) in [6, 6.07) is 0.0759. The van der Waals surface area contributed by atoms with Crippen LogP contribution in [0.4, 0.5) is 0 Å². The third-order valence-electron chi connectivity index (χ3n) is 3.46. The topological polar surface area (TPSA) is 83.3 Å². The fourth-order valence-corrected chi connectivity index (χ4v) is 2.35. The molecule has 0 bridgehead atoms. The predicted molar refractivity (Wildman–Crippen MR) is 77.7 cm³/mol. The average Bonchev–Trinajstić information content (AvgIpc) is 3.15. The van der Waals surface area contributed by atoms with Crippen LogP contribution in [-0.4, -0.2) is 52.2 Å². The molecule has 3 heterocycles. The van der Waals surface area contributed by atoms with Crippen LogP contribution in [0.1, 0.15) is 5.69 Å². The molecule has 118 valence electrons. The van der Waals surface area contributed by atoms with Gasteiger partial charge in [0.2, 0.25) is 5.88 Å². The summed E-state index contributed by atoms with van der Waals surface area (Å²) in [4.78, 5) is 8.41. The van der Waals surface area contributed by atoms with Crippen molar-refractivity contribution in [3.05, 3.63) is 30.5 Å². The summed E-state index contributed by atoms with van der Waals surface area (Å²) in [5.41, 5.74) is 0.761. The Morgan fingerprint density at radius 1 is 1.36 bits per heavy atom. The first kappa shape index (κ1) is 14.7. The number of aromatic nitrogens is 4. The van der Waals surface area contributed by atoms with Gasteiger partial charge in [0.15, 0.2) is 5.75 Å². The van der Waals surface area contributed by atoms with Crippen LogP contribution in [0.2, 0.25) is 0 Å². The Bertz CT molecular complexity index is 618. The van der Waals surface area contributed by atoms with Gasteiger partial charge in [0.1, 0.15) is 11.8 Å². The van der Waals surface area contributed by atoms with Gasteiger partial charge in [0.05, 0.1) is 38.8 Å². The molecule has 22 heavy (non-hydrogen) atoms. The molecule has 8 nitrogen and oxygen atoms in total. The molecule has 1 saturated heterocycles. The van der Waals surface area contributed by atoms with Crippen molar-refractivity contribution in [1.82, 2.24) is 25.1 Å². The SMILES string of the molecule is COc1nccnc1CN[C@H]1COC[C@H]1Oc1cnn(C)c1. The van der Waals surface area contributed by atoms with Crippen molar-refractivity contribution in [3.8, 4) is 11.6 Å².